The number of furan rings is 1. The molecule has 1 aromatic rings. The van der Waals surface area contributed by atoms with Gasteiger partial charge in [-0.1, -0.05) is 0 Å². The third-order valence-electron chi connectivity index (χ3n) is 2.66. The normalized spacial score (nSPS) is 11.8. The second-order valence-electron chi connectivity index (χ2n) is 4.53. The molecule has 1 heterocycles. The number of amides is 1. The summed E-state index contributed by atoms with van der Waals surface area (Å²) in [4.78, 5) is 13.1. The van der Waals surface area contributed by atoms with E-state index >= 15 is 0 Å². The first-order valence-electron chi connectivity index (χ1n) is 5.69. The molecule has 0 saturated heterocycles. The van der Waals surface area contributed by atoms with Gasteiger partial charge < -0.3 is 9.32 Å². The molecule has 0 aromatic carbocycles. The lowest BCUT2D eigenvalue weighted by Crippen LogP contribution is -2.29. The highest BCUT2D eigenvalue weighted by Gasteiger charge is 2.15. The maximum atomic E-state index is 11.3. The summed E-state index contributed by atoms with van der Waals surface area (Å²) in [5.41, 5.74) is 2.82. The van der Waals surface area contributed by atoms with E-state index in [0.29, 0.717) is 18.8 Å². The predicted octanol–water partition coefficient (Wildman–Crippen LogP) is -0.332. The first-order valence-corrected chi connectivity index (χ1v) is 7.75. The summed E-state index contributed by atoms with van der Waals surface area (Å²) in [6.07, 6.45) is 1.20. The van der Waals surface area contributed by atoms with Crippen LogP contribution < -0.4 is 11.3 Å². The van der Waals surface area contributed by atoms with Crippen molar-refractivity contribution < 1.29 is 17.6 Å². The van der Waals surface area contributed by atoms with Crippen molar-refractivity contribution in [3.8, 4) is 0 Å². The van der Waals surface area contributed by atoms with Gasteiger partial charge in [-0.05, 0) is 20.0 Å². The van der Waals surface area contributed by atoms with E-state index in [9.17, 15) is 13.2 Å². The molecule has 0 fully saturated rings. The lowest BCUT2D eigenvalue weighted by atomic mass is 10.2. The van der Waals surface area contributed by atoms with Gasteiger partial charge in [-0.15, -0.1) is 0 Å². The Morgan fingerprint density at radius 3 is 2.68 bits per heavy atom. The molecule has 108 valence electrons. The molecule has 8 heteroatoms. The Labute approximate surface area is 112 Å². The Bertz CT molecular complexity index is 550. The summed E-state index contributed by atoms with van der Waals surface area (Å²) in [6, 6.07) is 1.61. The molecule has 0 aliphatic carbocycles. The SMILES string of the molecule is Cc1oc(C(=O)NN)cc1CN(C)CCS(C)(=O)=O. The van der Waals surface area contributed by atoms with Crippen LogP contribution in [0.2, 0.25) is 0 Å². The van der Waals surface area contributed by atoms with Gasteiger partial charge in [-0.2, -0.15) is 0 Å². The van der Waals surface area contributed by atoms with Gasteiger partial charge >= 0.3 is 5.91 Å². The average molecular weight is 289 g/mol. The summed E-state index contributed by atoms with van der Waals surface area (Å²) in [6.45, 7) is 2.66. The molecule has 0 saturated carbocycles. The number of sulfone groups is 1. The number of aryl methyl sites for hydroxylation is 1. The second kappa shape index (κ2) is 6.18. The fraction of sp³-hybridized carbons (Fsp3) is 0.545. The molecule has 0 spiro atoms. The second-order valence-corrected chi connectivity index (χ2v) is 6.79. The number of hydrogen-bond donors (Lipinski definition) is 2. The Morgan fingerprint density at radius 1 is 1.53 bits per heavy atom. The minimum absolute atomic E-state index is 0.0938. The van der Waals surface area contributed by atoms with Gasteiger partial charge in [0.15, 0.2) is 5.76 Å². The average Bonchev–Trinajstić information content (AvgIpc) is 2.66. The zero-order valence-corrected chi connectivity index (χ0v) is 12.1. The predicted molar refractivity (Wildman–Crippen MR) is 71.1 cm³/mol. The first kappa shape index (κ1) is 15.7. The topological polar surface area (TPSA) is 106 Å². The third-order valence-corrected chi connectivity index (χ3v) is 3.58. The molecule has 0 radical (unpaired) electrons. The minimum Gasteiger partial charge on any atom is -0.456 e. The Hall–Kier alpha value is -1.38. The molecule has 3 N–H and O–H groups in total. The molecule has 7 nitrogen and oxygen atoms in total. The molecule has 0 atom stereocenters. The van der Waals surface area contributed by atoms with Gasteiger partial charge in [-0.25, -0.2) is 14.3 Å². The Morgan fingerprint density at radius 2 is 2.16 bits per heavy atom. The Kier molecular flexibility index (Phi) is 5.10. The quantitative estimate of drug-likeness (QED) is 0.422. The van der Waals surface area contributed by atoms with E-state index in [4.69, 9.17) is 10.3 Å². The maximum absolute atomic E-state index is 11.3. The number of rotatable bonds is 6. The van der Waals surface area contributed by atoms with Crippen LogP contribution in [0, 0.1) is 6.92 Å². The zero-order chi connectivity index (χ0) is 14.6. The fourth-order valence-electron chi connectivity index (χ4n) is 1.55. The van der Waals surface area contributed by atoms with Gasteiger partial charge in [0.25, 0.3) is 0 Å². The van der Waals surface area contributed by atoms with Crippen molar-refractivity contribution in [2.75, 3.05) is 25.6 Å². The van der Waals surface area contributed by atoms with Gasteiger partial charge in [0, 0.05) is 24.9 Å². The van der Waals surface area contributed by atoms with Gasteiger partial charge in [0.2, 0.25) is 0 Å². The van der Waals surface area contributed by atoms with E-state index in [1.165, 1.54) is 6.26 Å². The highest BCUT2D eigenvalue weighted by Crippen LogP contribution is 2.16. The van der Waals surface area contributed by atoms with Crippen molar-refractivity contribution in [2.45, 2.75) is 13.5 Å². The van der Waals surface area contributed by atoms with Gasteiger partial charge in [0.05, 0.1) is 5.75 Å². The molecular weight excluding hydrogens is 270 g/mol. The van der Waals surface area contributed by atoms with Crippen molar-refractivity contribution in [2.24, 2.45) is 5.84 Å². The highest BCUT2D eigenvalue weighted by molar-refractivity contribution is 7.90. The van der Waals surface area contributed by atoms with Crippen LogP contribution in [0.1, 0.15) is 21.9 Å². The van der Waals surface area contributed by atoms with Crippen molar-refractivity contribution in [3.05, 3.63) is 23.2 Å². The standard InChI is InChI=1S/C11H19N3O4S/c1-8-9(6-10(18-8)11(15)13-12)7-14(2)4-5-19(3,16)17/h6H,4-5,7,12H2,1-3H3,(H,13,15). The molecule has 0 bridgehead atoms. The van der Waals surface area contributed by atoms with Crippen LogP contribution in [0.5, 0.6) is 0 Å². The van der Waals surface area contributed by atoms with Crippen molar-refractivity contribution in [1.82, 2.24) is 10.3 Å². The smallest absolute Gasteiger partial charge is 0.300 e. The molecule has 19 heavy (non-hydrogen) atoms. The molecular formula is C11H19N3O4S. The van der Waals surface area contributed by atoms with Gasteiger partial charge in [0.1, 0.15) is 15.6 Å². The highest BCUT2D eigenvalue weighted by atomic mass is 32.2. The van der Waals surface area contributed by atoms with E-state index in [-0.39, 0.29) is 11.5 Å². The van der Waals surface area contributed by atoms with E-state index in [2.05, 4.69) is 0 Å². The van der Waals surface area contributed by atoms with Crippen molar-refractivity contribution in [3.63, 3.8) is 0 Å². The summed E-state index contributed by atoms with van der Waals surface area (Å²) in [7, 11) is -1.17. The van der Waals surface area contributed by atoms with Crippen LogP contribution in [-0.4, -0.2) is 44.8 Å². The monoisotopic (exact) mass is 289 g/mol. The number of carbonyl (C=O) groups is 1. The van der Waals surface area contributed by atoms with Crippen LogP contribution >= 0.6 is 0 Å². The first-order chi connectivity index (χ1) is 8.73. The van der Waals surface area contributed by atoms with Crippen LogP contribution in [0.4, 0.5) is 0 Å². The number of carbonyl (C=O) groups excluding carboxylic acids is 1. The number of hydrogen-bond acceptors (Lipinski definition) is 6. The number of nitrogens with two attached hydrogens (primary N) is 1. The number of nitrogen functional groups attached to an aromatic ring is 1. The van der Waals surface area contributed by atoms with Crippen molar-refractivity contribution >= 4 is 15.7 Å². The Balaban J connectivity index is 2.66. The van der Waals surface area contributed by atoms with Crippen LogP contribution in [-0.2, 0) is 16.4 Å². The van der Waals surface area contributed by atoms with E-state index < -0.39 is 15.7 Å². The van der Waals surface area contributed by atoms with Crippen LogP contribution in [0.3, 0.4) is 0 Å². The molecule has 1 rings (SSSR count). The number of nitrogens with one attached hydrogen (secondary N) is 1. The molecule has 0 unspecified atom stereocenters. The minimum atomic E-state index is -2.98. The van der Waals surface area contributed by atoms with E-state index in [0.717, 1.165) is 5.56 Å². The van der Waals surface area contributed by atoms with E-state index in [1.54, 1.807) is 20.0 Å². The lowest BCUT2D eigenvalue weighted by molar-refractivity contribution is 0.0924. The largest absolute Gasteiger partial charge is 0.456 e. The molecule has 0 aliphatic rings. The van der Waals surface area contributed by atoms with Crippen LogP contribution in [0.25, 0.3) is 0 Å². The summed E-state index contributed by atoms with van der Waals surface area (Å²) in [5, 5.41) is 0. The summed E-state index contributed by atoms with van der Waals surface area (Å²) >= 11 is 0. The summed E-state index contributed by atoms with van der Waals surface area (Å²) in [5.74, 6) is 5.39. The van der Waals surface area contributed by atoms with Crippen LogP contribution in [0.15, 0.2) is 10.5 Å². The number of hydrazine groups is 1. The third kappa shape index (κ3) is 5.01. The summed E-state index contributed by atoms with van der Waals surface area (Å²) < 4.78 is 27.4. The maximum Gasteiger partial charge on any atom is 0.300 e. The molecule has 1 amide bonds. The van der Waals surface area contributed by atoms with E-state index in [1.807, 2.05) is 10.3 Å². The van der Waals surface area contributed by atoms with Gasteiger partial charge in [-0.3, -0.25) is 10.2 Å². The molecule has 0 aliphatic heterocycles. The lowest BCUT2D eigenvalue weighted by Gasteiger charge is -2.15. The van der Waals surface area contributed by atoms with Crippen molar-refractivity contribution in [1.29, 1.82) is 0 Å². The number of nitrogens with zero attached hydrogens (tertiary/aromatic N) is 1. The zero-order valence-electron chi connectivity index (χ0n) is 11.3. The molecule has 1 aromatic heterocycles. The fourth-order valence-corrected chi connectivity index (χ4v) is 2.19.